The Labute approximate surface area is 105 Å². The zero-order valence-corrected chi connectivity index (χ0v) is 10.4. The monoisotopic (exact) mass is 247 g/mol. The van der Waals surface area contributed by atoms with Gasteiger partial charge in [0, 0.05) is 16.3 Å². The zero-order chi connectivity index (χ0) is 12.3. The van der Waals surface area contributed by atoms with Crippen LogP contribution in [0.25, 0.3) is 0 Å². The van der Waals surface area contributed by atoms with E-state index in [2.05, 4.69) is 25.1 Å². The first kappa shape index (κ1) is 12.0. The van der Waals surface area contributed by atoms with Crippen LogP contribution in [0.15, 0.2) is 47.4 Å². The van der Waals surface area contributed by atoms with Crippen molar-refractivity contribution < 1.29 is 4.39 Å². The molecule has 2 rings (SSSR count). The quantitative estimate of drug-likeness (QED) is 0.655. The molecule has 0 radical (unpaired) electrons. The number of nitrogens with two attached hydrogens (primary N) is 1. The molecule has 2 aromatic rings. The molecule has 0 fully saturated rings. The maximum Gasteiger partial charge on any atom is 0.126 e. The summed E-state index contributed by atoms with van der Waals surface area (Å²) in [5, 5.41) is 0. The van der Waals surface area contributed by atoms with E-state index < -0.39 is 0 Å². The van der Waals surface area contributed by atoms with Gasteiger partial charge in [-0.3, -0.25) is 0 Å². The van der Waals surface area contributed by atoms with E-state index in [0.29, 0.717) is 5.69 Å². The molecule has 1 nitrogen and oxygen atoms in total. The summed E-state index contributed by atoms with van der Waals surface area (Å²) in [6.07, 6.45) is 0. The summed E-state index contributed by atoms with van der Waals surface area (Å²) in [6.45, 7) is 2.06. The Morgan fingerprint density at radius 3 is 2.71 bits per heavy atom. The lowest BCUT2D eigenvalue weighted by atomic mass is 10.2. The number of anilines is 1. The molecule has 2 N–H and O–H groups in total. The molecule has 0 heterocycles. The van der Waals surface area contributed by atoms with Crippen LogP contribution >= 0.6 is 11.8 Å². The molecule has 0 spiro atoms. The van der Waals surface area contributed by atoms with E-state index in [1.807, 2.05) is 6.07 Å². The van der Waals surface area contributed by atoms with Gasteiger partial charge in [0.15, 0.2) is 0 Å². The molecule has 0 aliphatic heterocycles. The van der Waals surface area contributed by atoms with Crippen molar-refractivity contribution in [1.29, 1.82) is 0 Å². The van der Waals surface area contributed by atoms with E-state index in [4.69, 9.17) is 5.73 Å². The summed E-state index contributed by atoms with van der Waals surface area (Å²) in [4.78, 5) is 0.865. The fourth-order valence-electron chi connectivity index (χ4n) is 1.64. The molecule has 0 aliphatic rings. The summed E-state index contributed by atoms with van der Waals surface area (Å²) in [5.74, 6) is 0.543. The summed E-state index contributed by atoms with van der Waals surface area (Å²) in [7, 11) is 0. The van der Waals surface area contributed by atoms with Crippen LogP contribution in [-0.4, -0.2) is 0 Å². The number of thioether (sulfide) groups is 1. The van der Waals surface area contributed by atoms with Crippen LogP contribution in [0.4, 0.5) is 10.1 Å². The molecule has 0 amide bonds. The topological polar surface area (TPSA) is 26.0 Å². The lowest BCUT2D eigenvalue weighted by Crippen LogP contribution is -1.88. The molecular formula is C14H14FNS. The van der Waals surface area contributed by atoms with E-state index in [0.717, 1.165) is 10.6 Å². The van der Waals surface area contributed by atoms with Gasteiger partial charge in [0.25, 0.3) is 0 Å². The molecular weight excluding hydrogens is 233 g/mol. The van der Waals surface area contributed by atoms with Crippen molar-refractivity contribution >= 4 is 17.4 Å². The molecule has 17 heavy (non-hydrogen) atoms. The number of nitrogen functional groups attached to an aromatic ring is 1. The maximum absolute atomic E-state index is 13.1. The molecule has 3 heteroatoms. The van der Waals surface area contributed by atoms with Gasteiger partial charge in [-0.2, -0.15) is 0 Å². The highest BCUT2D eigenvalue weighted by atomic mass is 32.2. The lowest BCUT2D eigenvalue weighted by Gasteiger charge is -2.04. The smallest absolute Gasteiger partial charge is 0.126 e. The van der Waals surface area contributed by atoms with Crippen molar-refractivity contribution in [2.45, 2.75) is 17.6 Å². The molecule has 88 valence electrons. The van der Waals surface area contributed by atoms with Crippen LogP contribution in [0, 0.1) is 12.7 Å². The standard InChI is InChI=1S/C14H14FNS/c1-10-3-2-4-11(5-10)9-17-14-7-12(15)6-13(16)8-14/h2-8H,9,16H2,1H3. The number of halogens is 1. The normalized spacial score (nSPS) is 10.5. The SMILES string of the molecule is Cc1cccc(CSc2cc(N)cc(F)c2)c1. The van der Waals surface area contributed by atoms with Crippen LogP contribution in [0.1, 0.15) is 11.1 Å². The first-order chi connectivity index (χ1) is 8.13. The van der Waals surface area contributed by atoms with Gasteiger partial charge in [-0.1, -0.05) is 29.8 Å². The Bertz CT molecular complexity index is 505. The van der Waals surface area contributed by atoms with E-state index in [1.54, 1.807) is 17.8 Å². The van der Waals surface area contributed by atoms with E-state index in [9.17, 15) is 4.39 Å². The first-order valence-electron chi connectivity index (χ1n) is 5.38. The van der Waals surface area contributed by atoms with Gasteiger partial charge in [0.2, 0.25) is 0 Å². The molecule has 0 aliphatic carbocycles. The van der Waals surface area contributed by atoms with Crippen LogP contribution in [0.5, 0.6) is 0 Å². The minimum atomic E-state index is -0.281. The second-order valence-electron chi connectivity index (χ2n) is 4.00. The van der Waals surface area contributed by atoms with Gasteiger partial charge in [0.1, 0.15) is 5.82 Å². The molecule has 2 aromatic carbocycles. The van der Waals surface area contributed by atoms with Gasteiger partial charge in [-0.05, 0) is 30.7 Å². The largest absolute Gasteiger partial charge is 0.399 e. The number of rotatable bonds is 3. The van der Waals surface area contributed by atoms with Gasteiger partial charge < -0.3 is 5.73 Å². The average molecular weight is 247 g/mol. The van der Waals surface area contributed by atoms with Crippen molar-refractivity contribution in [3.05, 3.63) is 59.4 Å². The predicted molar refractivity (Wildman–Crippen MR) is 71.6 cm³/mol. The minimum Gasteiger partial charge on any atom is -0.399 e. The number of hydrogen-bond donors (Lipinski definition) is 1. The van der Waals surface area contributed by atoms with E-state index in [1.165, 1.54) is 23.3 Å². The number of aryl methyl sites for hydroxylation is 1. The van der Waals surface area contributed by atoms with Gasteiger partial charge >= 0.3 is 0 Å². The van der Waals surface area contributed by atoms with Crippen LogP contribution in [0.3, 0.4) is 0 Å². The van der Waals surface area contributed by atoms with Crippen molar-refractivity contribution in [2.75, 3.05) is 5.73 Å². The highest BCUT2D eigenvalue weighted by Crippen LogP contribution is 2.25. The minimum absolute atomic E-state index is 0.281. The fraction of sp³-hybridized carbons (Fsp3) is 0.143. The fourth-order valence-corrected chi connectivity index (χ4v) is 2.56. The Balaban J connectivity index is 2.07. The molecule has 0 saturated heterocycles. The lowest BCUT2D eigenvalue weighted by molar-refractivity contribution is 0.625. The number of benzene rings is 2. The molecule has 0 unspecified atom stereocenters. The highest BCUT2D eigenvalue weighted by molar-refractivity contribution is 7.98. The van der Waals surface area contributed by atoms with Crippen molar-refractivity contribution in [2.24, 2.45) is 0 Å². The summed E-state index contributed by atoms with van der Waals surface area (Å²) >= 11 is 1.59. The van der Waals surface area contributed by atoms with E-state index in [-0.39, 0.29) is 5.82 Å². The highest BCUT2D eigenvalue weighted by Gasteiger charge is 2.00. The van der Waals surface area contributed by atoms with Crippen molar-refractivity contribution in [3.63, 3.8) is 0 Å². The first-order valence-corrected chi connectivity index (χ1v) is 6.36. The third kappa shape index (κ3) is 3.49. The second-order valence-corrected chi connectivity index (χ2v) is 5.05. The average Bonchev–Trinajstić information content (AvgIpc) is 2.25. The van der Waals surface area contributed by atoms with Crippen molar-refractivity contribution in [1.82, 2.24) is 0 Å². The third-order valence-electron chi connectivity index (χ3n) is 2.38. The van der Waals surface area contributed by atoms with Gasteiger partial charge in [0.05, 0.1) is 0 Å². The second kappa shape index (κ2) is 5.23. The molecule has 0 atom stereocenters. The Hall–Kier alpha value is -1.48. The zero-order valence-electron chi connectivity index (χ0n) is 9.61. The summed E-state index contributed by atoms with van der Waals surface area (Å²) < 4.78 is 13.1. The Morgan fingerprint density at radius 2 is 2.00 bits per heavy atom. The van der Waals surface area contributed by atoms with Crippen LogP contribution in [-0.2, 0) is 5.75 Å². The molecule has 0 bridgehead atoms. The molecule has 0 aromatic heterocycles. The van der Waals surface area contributed by atoms with Gasteiger partial charge in [-0.15, -0.1) is 11.8 Å². The predicted octanol–water partition coefficient (Wildman–Crippen LogP) is 4.01. The van der Waals surface area contributed by atoms with Crippen molar-refractivity contribution in [3.8, 4) is 0 Å². The maximum atomic E-state index is 13.1. The summed E-state index contributed by atoms with van der Waals surface area (Å²) in [5.41, 5.74) is 8.54. The summed E-state index contributed by atoms with van der Waals surface area (Å²) in [6, 6.07) is 12.9. The van der Waals surface area contributed by atoms with Crippen LogP contribution in [0.2, 0.25) is 0 Å². The van der Waals surface area contributed by atoms with Crippen LogP contribution < -0.4 is 5.73 Å². The van der Waals surface area contributed by atoms with E-state index >= 15 is 0 Å². The third-order valence-corrected chi connectivity index (χ3v) is 3.43. The van der Waals surface area contributed by atoms with Gasteiger partial charge in [-0.25, -0.2) is 4.39 Å². The Morgan fingerprint density at radius 1 is 1.18 bits per heavy atom. The number of hydrogen-bond acceptors (Lipinski definition) is 2. The molecule has 0 saturated carbocycles. The Kier molecular flexibility index (Phi) is 3.69.